The number of nitrogen functional groups attached to an aromatic ring is 1. The number of nitrogens with two attached hydrogens (primary N) is 1. The van der Waals surface area contributed by atoms with Crippen LogP contribution in [0.1, 0.15) is 46.0 Å². The Morgan fingerprint density at radius 2 is 2.10 bits per heavy atom. The van der Waals surface area contributed by atoms with Gasteiger partial charge in [-0.1, -0.05) is 6.42 Å². The second-order valence-electron chi connectivity index (χ2n) is 6.07. The molecule has 3 rings (SSSR count). The highest BCUT2D eigenvalue weighted by atomic mass is 35.5. The van der Waals surface area contributed by atoms with Crippen molar-refractivity contribution in [2.24, 2.45) is 0 Å². The van der Waals surface area contributed by atoms with Gasteiger partial charge in [0.1, 0.15) is 0 Å². The molecular weight excluding hydrogens is 279 g/mol. The summed E-state index contributed by atoms with van der Waals surface area (Å²) in [5.41, 5.74) is 5.52. The second-order valence-corrected chi connectivity index (χ2v) is 6.40. The summed E-state index contributed by atoms with van der Waals surface area (Å²) >= 11 is 5.25. The predicted molar refractivity (Wildman–Crippen MR) is 79.1 cm³/mol. The molecule has 2 aliphatic heterocycles. The first-order valence-electron chi connectivity index (χ1n) is 7.10. The van der Waals surface area contributed by atoms with E-state index >= 15 is 0 Å². The highest BCUT2D eigenvalue weighted by Gasteiger charge is 2.38. The lowest BCUT2D eigenvalue weighted by Crippen LogP contribution is -2.49. The Morgan fingerprint density at radius 3 is 2.70 bits per heavy atom. The van der Waals surface area contributed by atoms with Gasteiger partial charge in [-0.25, -0.2) is 9.37 Å². The van der Waals surface area contributed by atoms with Gasteiger partial charge in [-0.2, -0.15) is 4.98 Å². The quantitative estimate of drug-likeness (QED) is 0.747. The van der Waals surface area contributed by atoms with E-state index in [1.807, 2.05) is 0 Å². The van der Waals surface area contributed by atoms with E-state index in [-0.39, 0.29) is 11.1 Å². The molecule has 2 aliphatic rings. The maximum Gasteiger partial charge on any atom is 0.224 e. The van der Waals surface area contributed by atoms with Crippen LogP contribution < -0.4 is 5.73 Å². The Labute approximate surface area is 124 Å². The van der Waals surface area contributed by atoms with Crippen molar-refractivity contribution in [1.82, 2.24) is 14.9 Å². The van der Waals surface area contributed by atoms with E-state index in [0.29, 0.717) is 5.54 Å². The molecule has 0 amide bonds. The fourth-order valence-electron chi connectivity index (χ4n) is 3.20. The van der Waals surface area contributed by atoms with Gasteiger partial charge in [0.05, 0.1) is 6.20 Å². The predicted octanol–water partition coefficient (Wildman–Crippen LogP) is 3.26. The number of halogens is 2. The molecule has 2 N–H and O–H groups in total. The van der Waals surface area contributed by atoms with Gasteiger partial charge in [-0.05, 0) is 57.7 Å². The standard InChI is InChI=1S/C10H19N.C4H3ClFN3/c1-10(2)7-3-5-9-6-4-8-11(9)10;5-4-8-1-2(6)3(7)9-4/h9H,3-8H2,1-2H3;1H,(H2,7,8,9). The summed E-state index contributed by atoms with van der Waals surface area (Å²) in [6.45, 7) is 6.17. The number of anilines is 1. The first kappa shape index (κ1) is 15.4. The van der Waals surface area contributed by atoms with Gasteiger partial charge in [0.2, 0.25) is 5.28 Å². The average molecular weight is 301 g/mol. The summed E-state index contributed by atoms with van der Waals surface area (Å²) in [4.78, 5) is 9.40. The van der Waals surface area contributed by atoms with Crippen molar-refractivity contribution in [1.29, 1.82) is 0 Å². The van der Waals surface area contributed by atoms with Crippen LogP contribution in [-0.2, 0) is 0 Å². The lowest BCUT2D eigenvalue weighted by Gasteiger charge is -2.44. The van der Waals surface area contributed by atoms with E-state index < -0.39 is 5.82 Å². The Balaban J connectivity index is 0.000000151. The van der Waals surface area contributed by atoms with Crippen LogP contribution in [-0.4, -0.2) is 33.0 Å². The number of hydrogen-bond acceptors (Lipinski definition) is 4. The molecule has 2 saturated heterocycles. The molecule has 0 bridgehead atoms. The minimum Gasteiger partial charge on any atom is -0.381 e. The molecule has 0 aromatic carbocycles. The first-order valence-corrected chi connectivity index (χ1v) is 7.48. The second kappa shape index (κ2) is 6.22. The smallest absolute Gasteiger partial charge is 0.224 e. The molecule has 3 heterocycles. The molecular formula is C14H22ClFN4. The van der Waals surface area contributed by atoms with Gasteiger partial charge >= 0.3 is 0 Å². The number of nitrogens with zero attached hydrogens (tertiary/aromatic N) is 3. The van der Waals surface area contributed by atoms with Crippen LogP contribution in [0.4, 0.5) is 10.2 Å². The average Bonchev–Trinajstić information content (AvgIpc) is 2.85. The Bertz CT molecular complexity index is 466. The maximum absolute atomic E-state index is 12.2. The van der Waals surface area contributed by atoms with E-state index in [9.17, 15) is 4.39 Å². The van der Waals surface area contributed by atoms with Gasteiger partial charge in [-0.15, -0.1) is 0 Å². The monoisotopic (exact) mass is 300 g/mol. The van der Waals surface area contributed by atoms with Crippen molar-refractivity contribution < 1.29 is 4.39 Å². The molecule has 1 aromatic rings. The molecule has 0 saturated carbocycles. The maximum atomic E-state index is 12.2. The number of fused-ring (bicyclic) bond motifs is 1. The number of rotatable bonds is 0. The minimum atomic E-state index is -0.653. The van der Waals surface area contributed by atoms with Gasteiger partial charge in [-0.3, -0.25) is 4.90 Å². The van der Waals surface area contributed by atoms with Crippen molar-refractivity contribution in [3.05, 3.63) is 17.3 Å². The Hall–Kier alpha value is -0.940. The highest BCUT2D eigenvalue weighted by Crippen LogP contribution is 2.36. The van der Waals surface area contributed by atoms with E-state index in [4.69, 9.17) is 17.3 Å². The van der Waals surface area contributed by atoms with Crippen LogP contribution in [0.15, 0.2) is 6.20 Å². The van der Waals surface area contributed by atoms with Crippen molar-refractivity contribution >= 4 is 17.4 Å². The third-order valence-electron chi connectivity index (χ3n) is 4.22. The minimum absolute atomic E-state index is 0.0473. The van der Waals surface area contributed by atoms with Crippen molar-refractivity contribution in [3.63, 3.8) is 0 Å². The zero-order chi connectivity index (χ0) is 14.8. The van der Waals surface area contributed by atoms with Crippen molar-refractivity contribution in [2.45, 2.75) is 57.5 Å². The summed E-state index contributed by atoms with van der Waals surface area (Å²) < 4.78 is 12.2. The lowest BCUT2D eigenvalue weighted by molar-refractivity contribution is 0.0567. The van der Waals surface area contributed by atoms with Crippen LogP contribution in [0.5, 0.6) is 0 Å². The fraction of sp³-hybridized carbons (Fsp3) is 0.714. The molecule has 1 atom stereocenters. The van der Waals surface area contributed by atoms with E-state index in [0.717, 1.165) is 12.2 Å². The molecule has 2 fully saturated rings. The molecule has 4 nitrogen and oxygen atoms in total. The highest BCUT2D eigenvalue weighted by molar-refractivity contribution is 6.28. The summed E-state index contributed by atoms with van der Waals surface area (Å²) in [6, 6.07) is 0.943. The molecule has 0 radical (unpaired) electrons. The zero-order valence-corrected chi connectivity index (χ0v) is 12.8. The van der Waals surface area contributed by atoms with Crippen LogP contribution in [0, 0.1) is 5.82 Å². The summed E-state index contributed by atoms with van der Waals surface area (Å²) in [5.74, 6) is -0.880. The Kier molecular flexibility index (Phi) is 4.81. The van der Waals surface area contributed by atoms with E-state index in [1.165, 1.54) is 38.6 Å². The number of aromatic nitrogens is 2. The molecule has 112 valence electrons. The third-order valence-corrected chi connectivity index (χ3v) is 4.40. The van der Waals surface area contributed by atoms with E-state index in [1.54, 1.807) is 0 Å². The van der Waals surface area contributed by atoms with Crippen molar-refractivity contribution in [3.8, 4) is 0 Å². The van der Waals surface area contributed by atoms with Gasteiger partial charge in [0, 0.05) is 11.6 Å². The van der Waals surface area contributed by atoms with E-state index in [2.05, 4.69) is 28.7 Å². The number of hydrogen-bond donors (Lipinski definition) is 1. The summed E-state index contributed by atoms with van der Waals surface area (Å²) in [6.07, 6.45) is 8.14. The van der Waals surface area contributed by atoms with Crippen molar-refractivity contribution in [2.75, 3.05) is 12.3 Å². The van der Waals surface area contributed by atoms with Crippen LogP contribution >= 0.6 is 11.6 Å². The molecule has 0 spiro atoms. The summed E-state index contributed by atoms with van der Waals surface area (Å²) in [5, 5.41) is -0.0473. The lowest BCUT2D eigenvalue weighted by atomic mass is 9.87. The molecule has 1 unspecified atom stereocenters. The molecule has 1 aromatic heterocycles. The number of piperidine rings is 1. The van der Waals surface area contributed by atoms with Crippen LogP contribution in [0.3, 0.4) is 0 Å². The zero-order valence-electron chi connectivity index (χ0n) is 12.1. The fourth-order valence-corrected chi connectivity index (χ4v) is 3.34. The van der Waals surface area contributed by atoms with Crippen LogP contribution in [0.25, 0.3) is 0 Å². The first-order chi connectivity index (χ1) is 9.40. The largest absolute Gasteiger partial charge is 0.381 e. The molecule has 6 heteroatoms. The normalized spacial score (nSPS) is 24.7. The molecule has 0 aliphatic carbocycles. The third kappa shape index (κ3) is 3.58. The van der Waals surface area contributed by atoms with Crippen LogP contribution in [0.2, 0.25) is 5.28 Å². The summed E-state index contributed by atoms with van der Waals surface area (Å²) in [7, 11) is 0. The molecule has 20 heavy (non-hydrogen) atoms. The SMILES string of the molecule is CC1(C)CCCC2CCCN21.Nc1nc(Cl)ncc1F. The van der Waals surface area contributed by atoms with Gasteiger partial charge in [0.15, 0.2) is 11.6 Å². The van der Waals surface area contributed by atoms with Gasteiger partial charge in [0.25, 0.3) is 0 Å². The van der Waals surface area contributed by atoms with Gasteiger partial charge < -0.3 is 5.73 Å². The Morgan fingerprint density at radius 1 is 1.40 bits per heavy atom. The topological polar surface area (TPSA) is 55.0 Å².